The first-order valence-electron chi connectivity index (χ1n) is 10.2. The molecule has 1 aromatic carbocycles. The monoisotopic (exact) mass is 458 g/mol. The number of aromatic nitrogens is 2. The van der Waals surface area contributed by atoms with E-state index >= 15 is 0 Å². The maximum absolute atomic E-state index is 12.8. The number of piperazine rings is 1. The molecule has 1 saturated heterocycles. The fourth-order valence-corrected chi connectivity index (χ4v) is 4.23. The molecule has 1 fully saturated rings. The summed E-state index contributed by atoms with van der Waals surface area (Å²) >= 11 is 3.42. The molecule has 8 heteroatoms. The number of benzene rings is 1. The average Bonchev–Trinajstić information content (AvgIpc) is 2.74. The van der Waals surface area contributed by atoms with Gasteiger partial charge in [0.2, 0.25) is 0 Å². The summed E-state index contributed by atoms with van der Waals surface area (Å²) in [4.78, 5) is 29.0. The molecule has 4 rings (SSSR count). The van der Waals surface area contributed by atoms with Crippen molar-refractivity contribution in [2.24, 2.45) is 0 Å². The van der Waals surface area contributed by atoms with Crippen molar-refractivity contribution in [2.75, 3.05) is 49.5 Å². The van der Waals surface area contributed by atoms with E-state index < -0.39 is 0 Å². The predicted octanol–water partition coefficient (Wildman–Crippen LogP) is 3.28. The molecule has 2 amide bonds. The minimum absolute atomic E-state index is 0.0831. The number of nitrogens with one attached hydrogen (secondary N) is 1. The number of urea groups is 1. The van der Waals surface area contributed by atoms with Gasteiger partial charge in [-0.25, -0.2) is 14.8 Å². The number of hydrogen-bond acceptors (Lipinski definition) is 5. The standard InChI is InChI=1S/C21H27BrN6O/c1-3-26-10-12-27(13-11-26)20-18-14-28(9-8-19(18)23-15(2)24-20)21(29)25-17-6-4-16(22)5-7-17/h4-7H,3,8-14H2,1-2H3,(H,25,29). The zero-order valence-corrected chi connectivity index (χ0v) is 18.6. The highest BCUT2D eigenvalue weighted by Gasteiger charge is 2.28. The van der Waals surface area contributed by atoms with E-state index in [1.807, 2.05) is 36.1 Å². The van der Waals surface area contributed by atoms with Gasteiger partial charge in [0.1, 0.15) is 11.6 Å². The molecule has 1 N–H and O–H groups in total. The number of fused-ring (bicyclic) bond motifs is 1. The Bertz CT molecular complexity index is 879. The van der Waals surface area contributed by atoms with Crippen LogP contribution in [0.2, 0.25) is 0 Å². The SMILES string of the molecule is CCN1CCN(c2nc(C)nc3c2CN(C(=O)Nc2ccc(Br)cc2)CC3)CC1. The Labute approximate surface area is 180 Å². The van der Waals surface area contributed by atoms with Crippen LogP contribution >= 0.6 is 15.9 Å². The summed E-state index contributed by atoms with van der Waals surface area (Å²) in [7, 11) is 0. The third kappa shape index (κ3) is 4.53. The summed E-state index contributed by atoms with van der Waals surface area (Å²) in [6.45, 7) is 10.5. The quantitative estimate of drug-likeness (QED) is 0.764. The van der Waals surface area contributed by atoms with E-state index in [0.29, 0.717) is 13.1 Å². The summed E-state index contributed by atoms with van der Waals surface area (Å²) in [5, 5.41) is 3.00. The van der Waals surface area contributed by atoms with Crippen molar-refractivity contribution in [1.29, 1.82) is 0 Å². The van der Waals surface area contributed by atoms with E-state index in [0.717, 1.165) is 72.2 Å². The Hall–Kier alpha value is -2.19. The lowest BCUT2D eigenvalue weighted by atomic mass is 10.1. The minimum Gasteiger partial charge on any atom is -0.354 e. The maximum Gasteiger partial charge on any atom is 0.322 e. The second-order valence-electron chi connectivity index (χ2n) is 7.55. The molecule has 0 saturated carbocycles. The number of carbonyl (C=O) groups is 1. The first-order valence-corrected chi connectivity index (χ1v) is 11.0. The molecule has 154 valence electrons. The van der Waals surface area contributed by atoms with E-state index in [9.17, 15) is 4.79 Å². The molecule has 3 heterocycles. The number of carbonyl (C=O) groups excluding carboxylic acids is 1. The van der Waals surface area contributed by atoms with Crippen LogP contribution in [0.5, 0.6) is 0 Å². The van der Waals surface area contributed by atoms with Crippen molar-refractivity contribution in [3.8, 4) is 0 Å². The van der Waals surface area contributed by atoms with Gasteiger partial charge in [-0.3, -0.25) is 0 Å². The zero-order chi connectivity index (χ0) is 20.4. The Kier molecular flexibility index (Phi) is 6.01. The van der Waals surface area contributed by atoms with Gasteiger partial charge in [-0.2, -0.15) is 0 Å². The molecule has 0 atom stereocenters. The van der Waals surface area contributed by atoms with Crippen LogP contribution in [0.15, 0.2) is 28.7 Å². The average molecular weight is 459 g/mol. The second kappa shape index (κ2) is 8.67. The van der Waals surface area contributed by atoms with Crippen molar-refractivity contribution in [3.05, 3.63) is 45.8 Å². The third-order valence-electron chi connectivity index (χ3n) is 5.65. The van der Waals surface area contributed by atoms with Gasteiger partial charge >= 0.3 is 6.03 Å². The van der Waals surface area contributed by atoms with Gasteiger partial charge in [-0.05, 0) is 37.7 Å². The maximum atomic E-state index is 12.8. The van der Waals surface area contributed by atoms with Crippen molar-refractivity contribution < 1.29 is 4.79 Å². The fraction of sp³-hybridized carbons (Fsp3) is 0.476. The van der Waals surface area contributed by atoms with Gasteiger partial charge in [0, 0.05) is 54.9 Å². The summed E-state index contributed by atoms with van der Waals surface area (Å²) in [5.41, 5.74) is 2.97. The summed E-state index contributed by atoms with van der Waals surface area (Å²) in [6, 6.07) is 7.55. The number of anilines is 2. The number of rotatable bonds is 3. The molecular formula is C21H27BrN6O. The normalized spacial score (nSPS) is 17.2. The molecular weight excluding hydrogens is 432 g/mol. The van der Waals surface area contributed by atoms with Crippen LogP contribution in [0.1, 0.15) is 24.0 Å². The molecule has 0 spiro atoms. The lowest BCUT2D eigenvalue weighted by Crippen LogP contribution is -2.47. The number of likely N-dealkylation sites (N-methyl/N-ethyl adjacent to an activating group) is 1. The van der Waals surface area contributed by atoms with Crippen LogP contribution in [0, 0.1) is 6.92 Å². The molecule has 7 nitrogen and oxygen atoms in total. The first kappa shape index (κ1) is 20.1. The van der Waals surface area contributed by atoms with Crippen LogP contribution < -0.4 is 10.2 Å². The number of halogens is 1. The van der Waals surface area contributed by atoms with Crippen LogP contribution in [-0.2, 0) is 13.0 Å². The van der Waals surface area contributed by atoms with Crippen LogP contribution in [-0.4, -0.2) is 65.1 Å². The fourth-order valence-electron chi connectivity index (χ4n) is 3.96. The van der Waals surface area contributed by atoms with Gasteiger partial charge in [0.15, 0.2) is 0 Å². The number of amides is 2. The van der Waals surface area contributed by atoms with Gasteiger partial charge in [0.05, 0.1) is 12.2 Å². The van der Waals surface area contributed by atoms with E-state index in [-0.39, 0.29) is 6.03 Å². The number of aryl methyl sites for hydroxylation is 1. The highest BCUT2D eigenvalue weighted by molar-refractivity contribution is 9.10. The van der Waals surface area contributed by atoms with Crippen molar-refractivity contribution in [3.63, 3.8) is 0 Å². The highest BCUT2D eigenvalue weighted by atomic mass is 79.9. The number of hydrogen-bond donors (Lipinski definition) is 1. The molecule has 2 aliphatic heterocycles. The molecule has 0 unspecified atom stereocenters. The summed E-state index contributed by atoms with van der Waals surface area (Å²) in [5.74, 6) is 1.81. The van der Waals surface area contributed by atoms with Crippen molar-refractivity contribution in [1.82, 2.24) is 19.8 Å². The van der Waals surface area contributed by atoms with Crippen molar-refractivity contribution in [2.45, 2.75) is 26.8 Å². The summed E-state index contributed by atoms with van der Waals surface area (Å²) < 4.78 is 0.989. The Balaban J connectivity index is 1.52. The van der Waals surface area contributed by atoms with E-state index in [4.69, 9.17) is 4.98 Å². The van der Waals surface area contributed by atoms with Gasteiger partial charge in [-0.1, -0.05) is 22.9 Å². The molecule has 0 aliphatic carbocycles. The Morgan fingerprint density at radius 2 is 1.83 bits per heavy atom. The second-order valence-corrected chi connectivity index (χ2v) is 8.47. The highest BCUT2D eigenvalue weighted by Crippen LogP contribution is 2.28. The van der Waals surface area contributed by atoms with Crippen LogP contribution in [0.3, 0.4) is 0 Å². The van der Waals surface area contributed by atoms with Crippen LogP contribution in [0.4, 0.5) is 16.3 Å². The Morgan fingerprint density at radius 1 is 1.10 bits per heavy atom. The molecule has 0 bridgehead atoms. The molecule has 2 aromatic rings. The Morgan fingerprint density at radius 3 is 2.52 bits per heavy atom. The molecule has 29 heavy (non-hydrogen) atoms. The van der Waals surface area contributed by atoms with E-state index in [1.165, 1.54) is 0 Å². The summed E-state index contributed by atoms with van der Waals surface area (Å²) in [6.07, 6.45) is 0.758. The molecule has 0 radical (unpaired) electrons. The number of nitrogens with zero attached hydrogens (tertiary/aromatic N) is 5. The van der Waals surface area contributed by atoms with Gasteiger partial charge in [0.25, 0.3) is 0 Å². The van der Waals surface area contributed by atoms with Crippen LogP contribution in [0.25, 0.3) is 0 Å². The van der Waals surface area contributed by atoms with E-state index in [2.05, 4.69) is 43.0 Å². The lowest BCUT2D eigenvalue weighted by Gasteiger charge is -2.37. The minimum atomic E-state index is -0.0831. The molecule has 1 aromatic heterocycles. The lowest BCUT2D eigenvalue weighted by molar-refractivity contribution is 0.205. The third-order valence-corrected chi connectivity index (χ3v) is 6.18. The van der Waals surface area contributed by atoms with E-state index in [1.54, 1.807) is 0 Å². The predicted molar refractivity (Wildman–Crippen MR) is 118 cm³/mol. The van der Waals surface area contributed by atoms with Crippen molar-refractivity contribution >= 4 is 33.5 Å². The van der Waals surface area contributed by atoms with Gasteiger partial charge in [-0.15, -0.1) is 0 Å². The smallest absolute Gasteiger partial charge is 0.322 e. The largest absolute Gasteiger partial charge is 0.354 e. The first-order chi connectivity index (χ1) is 14.0. The topological polar surface area (TPSA) is 64.6 Å². The zero-order valence-electron chi connectivity index (χ0n) is 17.0. The van der Waals surface area contributed by atoms with Gasteiger partial charge < -0.3 is 20.0 Å². The molecule has 2 aliphatic rings.